The van der Waals surface area contributed by atoms with Gasteiger partial charge in [-0.25, -0.2) is 4.79 Å². The molecule has 7 heteroatoms. The van der Waals surface area contributed by atoms with Crippen LogP contribution in [0.25, 0.3) is 0 Å². The molecule has 1 aliphatic carbocycles. The number of amides is 1. The summed E-state index contributed by atoms with van der Waals surface area (Å²) < 4.78 is 5.56. The number of methoxy groups -OCH3 is 1. The van der Waals surface area contributed by atoms with Crippen LogP contribution in [0.2, 0.25) is 8.67 Å². The number of carbonyl (C=O) groups excluding carboxylic acids is 2. The minimum Gasteiger partial charge on any atom is -0.467 e. The van der Waals surface area contributed by atoms with E-state index >= 15 is 0 Å². The van der Waals surface area contributed by atoms with Crippen molar-refractivity contribution in [3.8, 4) is 0 Å². The zero-order valence-electron chi connectivity index (χ0n) is 10.3. The molecule has 2 rings (SSSR count). The number of halogens is 2. The molecule has 4 nitrogen and oxygen atoms in total. The molecule has 1 aliphatic rings. The van der Waals surface area contributed by atoms with Crippen molar-refractivity contribution in [3.63, 3.8) is 0 Å². The number of rotatable bonds is 3. The number of ether oxygens (including phenoxy) is 1. The Morgan fingerprint density at radius 3 is 2.47 bits per heavy atom. The number of nitrogens with one attached hydrogen (secondary N) is 1. The third-order valence-corrected chi connectivity index (χ3v) is 4.77. The summed E-state index contributed by atoms with van der Waals surface area (Å²) in [7, 11) is 1.32. The van der Waals surface area contributed by atoms with Gasteiger partial charge in [0.05, 0.1) is 17.0 Å². The van der Waals surface area contributed by atoms with Gasteiger partial charge < -0.3 is 10.1 Å². The van der Waals surface area contributed by atoms with Crippen molar-refractivity contribution in [3.05, 3.63) is 20.3 Å². The van der Waals surface area contributed by atoms with Gasteiger partial charge >= 0.3 is 5.97 Å². The highest BCUT2D eigenvalue weighted by atomic mass is 35.5. The largest absolute Gasteiger partial charge is 0.467 e. The highest BCUT2D eigenvalue weighted by Crippen LogP contribution is 2.34. The quantitative estimate of drug-likeness (QED) is 0.869. The van der Waals surface area contributed by atoms with Gasteiger partial charge in [0.15, 0.2) is 0 Å². The standard InChI is InChI=1S/C12H13Cl2NO3S/c1-18-11(17)12(4-2-3-5-12)15-10(16)7-6-8(13)19-9(7)14/h6H,2-5H2,1H3,(H,15,16). The lowest BCUT2D eigenvalue weighted by Gasteiger charge is -2.27. The van der Waals surface area contributed by atoms with Gasteiger partial charge in [-0.1, -0.05) is 36.0 Å². The predicted molar refractivity (Wildman–Crippen MR) is 75.0 cm³/mol. The summed E-state index contributed by atoms with van der Waals surface area (Å²) in [6.07, 6.45) is 2.93. The first kappa shape index (κ1) is 14.6. The molecule has 0 aliphatic heterocycles. The van der Waals surface area contributed by atoms with Crippen molar-refractivity contribution >= 4 is 46.4 Å². The van der Waals surface area contributed by atoms with Crippen LogP contribution in [0.5, 0.6) is 0 Å². The molecule has 104 valence electrons. The van der Waals surface area contributed by atoms with Gasteiger partial charge in [0.2, 0.25) is 0 Å². The summed E-state index contributed by atoms with van der Waals surface area (Å²) in [6, 6.07) is 1.50. The molecule has 0 radical (unpaired) electrons. The minimum atomic E-state index is -0.927. The first-order valence-electron chi connectivity index (χ1n) is 5.84. The van der Waals surface area contributed by atoms with Gasteiger partial charge in [0.25, 0.3) is 5.91 Å². The zero-order valence-corrected chi connectivity index (χ0v) is 12.6. The van der Waals surface area contributed by atoms with Crippen LogP contribution in [-0.4, -0.2) is 24.5 Å². The molecule has 0 atom stereocenters. The summed E-state index contributed by atoms with van der Waals surface area (Å²) in [4.78, 5) is 24.1. The third kappa shape index (κ3) is 2.88. The monoisotopic (exact) mass is 321 g/mol. The average molecular weight is 322 g/mol. The van der Waals surface area contributed by atoms with E-state index in [1.807, 2.05) is 0 Å². The van der Waals surface area contributed by atoms with Gasteiger partial charge in [-0.15, -0.1) is 11.3 Å². The molecule has 0 aromatic carbocycles. The van der Waals surface area contributed by atoms with E-state index < -0.39 is 11.5 Å². The van der Waals surface area contributed by atoms with E-state index in [1.165, 1.54) is 13.2 Å². The molecular formula is C12H13Cl2NO3S. The van der Waals surface area contributed by atoms with Crippen LogP contribution < -0.4 is 5.32 Å². The Bertz CT molecular complexity index is 509. The number of esters is 1. The minimum absolute atomic E-state index is 0.298. The molecule has 0 spiro atoms. The Morgan fingerprint density at radius 1 is 1.37 bits per heavy atom. The molecule has 1 aromatic rings. The fraction of sp³-hybridized carbons (Fsp3) is 0.500. The third-order valence-electron chi connectivity index (χ3n) is 3.29. The first-order valence-corrected chi connectivity index (χ1v) is 7.41. The van der Waals surface area contributed by atoms with Crippen molar-refractivity contribution in [1.82, 2.24) is 5.32 Å². The number of hydrogen-bond acceptors (Lipinski definition) is 4. The Morgan fingerprint density at radius 2 is 2.00 bits per heavy atom. The van der Waals surface area contributed by atoms with Crippen LogP contribution in [0.4, 0.5) is 0 Å². The Hall–Kier alpha value is -0.780. The molecular weight excluding hydrogens is 309 g/mol. The van der Waals surface area contributed by atoms with Crippen LogP contribution in [0.15, 0.2) is 6.07 Å². The molecule has 0 saturated heterocycles. The second kappa shape index (κ2) is 5.69. The van der Waals surface area contributed by atoms with Crippen molar-refractivity contribution in [2.24, 2.45) is 0 Å². The summed E-state index contributed by atoms with van der Waals surface area (Å²) in [5.74, 6) is -0.795. The molecule has 1 heterocycles. The Balaban J connectivity index is 2.21. The molecule has 1 N–H and O–H groups in total. The van der Waals surface area contributed by atoms with Gasteiger partial charge in [-0.05, 0) is 18.9 Å². The van der Waals surface area contributed by atoms with Crippen molar-refractivity contribution < 1.29 is 14.3 Å². The fourth-order valence-corrected chi connectivity index (χ4v) is 3.79. The maximum atomic E-state index is 12.2. The smallest absolute Gasteiger partial charge is 0.331 e. The van der Waals surface area contributed by atoms with Crippen LogP contribution in [0, 0.1) is 0 Å². The van der Waals surface area contributed by atoms with E-state index in [0.29, 0.717) is 27.1 Å². The summed E-state index contributed by atoms with van der Waals surface area (Å²) in [5, 5.41) is 2.76. The topological polar surface area (TPSA) is 55.4 Å². The molecule has 1 aromatic heterocycles. The fourth-order valence-electron chi connectivity index (χ4n) is 2.33. The Labute approximate surface area is 125 Å². The molecule has 19 heavy (non-hydrogen) atoms. The van der Waals surface area contributed by atoms with Crippen LogP contribution >= 0.6 is 34.5 Å². The molecule has 1 amide bonds. The normalized spacial score (nSPS) is 17.2. The van der Waals surface area contributed by atoms with Gasteiger partial charge in [-0.3, -0.25) is 4.79 Å². The lowest BCUT2D eigenvalue weighted by atomic mass is 9.97. The van der Waals surface area contributed by atoms with Gasteiger partial charge in [0.1, 0.15) is 9.88 Å². The second-order valence-corrected chi connectivity index (χ2v) is 6.76. The molecule has 0 bridgehead atoms. The lowest BCUT2D eigenvalue weighted by Crippen LogP contribution is -2.53. The van der Waals surface area contributed by atoms with E-state index in [4.69, 9.17) is 27.9 Å². The molecule has 0 unspecified atom stereocenters. The van der Waals surface area contributed by atoms with E-state index in [9.17, 15) is 9.59 Å². The van der Waals surface area contributed by atoms with Gasteiger partial charge in [0, 0.05) is 0 Å². The summed E-state index contributed by atoms with van der Waals surface area (Å²) in [5.41, 5.74) is -0.629. The summed E-state index contributed by atoms with van der Waals surface area (Å²) in [6.45, 7) is 0. The van der Waals surface area contributed by atoms with Crippen molar-refractivity contribution in [2.75, 3.05) is 7.11 Å². The Kier molecular flexibility index (Phi) is 4.38. The number of carbonyl (C=O) groups is 2. The highest BCUT2D eigenvalue weighted by molar-refractivity contribution is 7.20. The van der Waals surface area contributed by atoms with E-state index in [0.717, 1.165) is 24.2 Å². The molecule has 1 fully saturated rings. The highest BCUT2D eigenvalue weighted by Gasteiger charge is 2.44. The maximum absolute atomic E-state index is 12.2. The van der Waals surface area contributed by atoms with E-state index in [-0.39, 0.29) is 5.91 Å². The second-order valence-electron chi connectivity index (χ2n) is 4.47. The van der Waals surface area contributed by atoms with Crippen LogP contribution in [0.3, 0.4) is 0 Å². The predicted octanol–water partition coefficient (Wildman–Crippen LogP) is 3.27. The van der Waals surface area contributed by atoms with Crippen LogP contribution in [-0.2, 0) is 9.53 Å². The lowest BCUT2D eigenvalue weighted by molar-refractivity contribution is -0.148. The maximum Gasteiger partial charge on any atom is 0.331 e. The first-order chi connectivity index (χ1) is 8.98. The van der Waals surface area contributed by atoms with Crippen LogP contribution in [0.1, 0.15) is 36.0 Å². The van der Waals surface area contributed by atoms with Crippen molar-refractivity contribution in [2.45, 2.75) is 31.2 Å². The zero-order chi connectivity index (χ0) is 14.0. The van der Waals surface area contributed by atoms with E-state index in [2.05, 4.69) is 5.32 Å². The SMILES string of the molecule is COC(=O)C1(NC(=O)c2cc(Cl)sc2Cl)CCCC1. The number of hydrogen-bond donors (Lipinski definition) is 1. The number of thiophene rings is 1. The average Bonchev–Trinajstić information content (AvgIpc) is 2.96. The summed E-state index contributed by atoms with van der Waals surface area (Å²) >= 11 is 12.9. The van der Waals surface area contributed by atoms with Crippen molar-refractivity contribution in [1.29, 1.82) is 0 Å². The van der Waals surface area contributed by atoms with E-state index in [1.54, 1.807) is 0 Å². The molecule has 1 saturated carbocycles. The van der Waals surface area contributed by atoms with Gasteiger partial charge in [-0.2, -0.15) is 0 Å².